The smallest absolute Gasteiger partial charge is 0.341 e. The highest BCUT2D eigenvalue weighted by Gasteiger charge is 2.53. The van der Waals surface area contributed by atoms with Crippen LogP contribution in [0.4, 0.5) is 4.79 Å². The Balaban J connectivity index is 1.82. The van der Waals surface area contributed by atoms with E-state index in [1.165, 1.54) is 6.92 Å². The molecule has 0 aromatic rings. The summed E-state index contributed by atoms with van der Waals surface area (Å²) in [6.45, 7) is 1.15. The van der Waals surface area contributed by atoms with E-state index in [4.69, 9.17) is 36.5 Å². The standard InChI is InChI=1S/C25H49N7O10/c1-25(38)11-40-23(19(36)22(25)29-2)42-21-16(31-24(37)32(39)6-5-26)7-15(28)17(18(21)35)20-14(27)4-3-13(41-20)9-30-8-12(34)10-33/h3,12,14-23,29-30,33-36,38-39H,4-11,26-28H2,1-2H3,(H,31,37)/t12?,14-,15+,16-,17?,18+,19-,20+,21+,22-,23-,25+/m1/s1. The maximum Gasteiger partial charge on any atom is 0.341 e. The molecule has 0 aromatic heterocycles. The van der Waals surface area contributed by atoms with Crippen molar-refractivity contribution in [2.75, 3.05) is 46.4 Å². The molecule has 1 saturated heterocycles. The molecule has 2 amide bonds. The number of nitrogens with zero attached hydrogens (tertiary/aromatic N) is 1. The van der Waals surface area contributed by atoms with Crippen molar-refractivity contribution in [2.45, 2.75) is 86.3 Å². The Bertz CT molecular complexity index is 902. The second-order valence-electron chi connectivity index (χ2n) is 11.4. The molecule has 1 aliphatic carbocycles. The van der Waals surface area contributed by atoms with Gasteiger partial charge in [-0.2, -0.15) is 0 Å². The first-order valence-corrected chi connectivity index (χ1v) is 14.2. The Morgan fingerprint density at radius 3 is 2.64 bits per heavy atom. The molecule has 0 bridgehead atoms. The molecule has 2 fully saturated rings. The summed E-state index contributed by atoms with van der Waals surface area (Å²) in [7, 11) is 1.57. The van der Waals surface area contributed by atoms with E-state index < -0.39 is 85.1 Å². The van der Waals surface area contributed by atoms with Crippen LogP contribution in [0.2, 0.25) is 0 Å². The molecular formula is C25H49N7O10. The number of carbonyl (C=O) groups excluding carboxylic acids is 1. The van der Waals surface area contributed by atoms with Crippen LogP contribution >= 0.6 is 0 Å². The topological polar surface area (TPSA) is 284 Å². The average molecular weight is 608 g/mol. The van der Waals surface area contributed by atoms with Crippen LogP contribution in [0.15, 0.2) is 11.8 Å². The van der Waals surface area contributed by atoms with Crippen molar-refractivity contribution in [2.24, 2.45) is 23.1 Å². The van der Waals surface area contributed by atoms with E-state index in [2.05, 4.69) is 16.0 Å². The molecule has 2 heterocycles. The number of ether oxygens (including phenoxy) is 3. The first-order valence-electron chi connectivity index (χ1n) is 14.2. The van der Waals surface area contributed by atoms with Crippen molar-refractivity contribution in [1.29, 1.82) is 0 Å². The lowest BCUT2D eigenvalue weighted by Gasteiger charge is -2.50. The van der Waals surface area contributed by atoms with E-state index in [9.17, 15) is 30.4 Å². The van der Waals surface area contributed by atoms with Gasteiger partial charge in [-0.25, -0.2) is 9.86 Å². The van der Waals surface area contributed by atoms with Gasteiger partial charge in [0.25, 0.3) is 0 Å². The Kier molecular flexibility index (Phi) is 12.7. The number of nitrogens with one attached hydrogen (secondary N) is 3. The summed E-state index contributed by atoms with van der Waals surface area (Å²) >= 11 is 0. The van der Waals surface area contributed by atoms with Gasteiger partial charge in [0.15, 0.2) is 6.29 Å². The summed E-state index contributed by atoms with van der Waals surface area (Å²) in [6, 6.07) is -3.94. The van der Waals surface area contributed by atoms with Crippen LogP contribution in [-0.2, 0) is 14.2 Å². The molecule has 0 radical (unpaired) electrons. The molecule has 3 aliphatic rings. The molecular weight excluding hydrogens is 558 g/mol. The SMILES string of the molecule is CN[C@@H]1[C@@H](O)[C@@H](O[C@H]2[C@H](NC(=O)N(O)CCN)C[C@H](N)C([C@H]3OC(CNCC(O)CO)=CC[C@H]3N)[C@@H]2O)OC[C@]1(C)O. The van der Waals surface area contributed by atoms with Crippen molar-refractivity contribution in [3.8, 4) is 0 Å². The number of urea groups is 1. The van der Waals surface area contributed by atoms with Crippen molar-refractivity contribution < 1.29 is 49.7 Å². The number of rotatable bonds is 12. The van der Waals surface area contributed by atoms with E-state index in [1.54, 1.807) is 13.1 Å². The number of amides is 2. The number of hydroxylamine groups is 2. The average Bonchev–Trinajstić information content (AvgIpc) is 2.93. The monoisotopic (exact) mass is 607 g/mol. The summed E-state index contributed by atoms with van der Waals surface area (Å²) in [5.74, 6) is -0.273. The molecule has 15 N–H and O–H groups in total. The van der Waals surface area contributed by atoms with Crippen LogP contribution < -0.4 is 33.2 Å². The van der Waals surface area contributed by atoms with Crippen molar-refractivity contribution in [3.63, 3.8) is 0 Å². The van der Waals surface area contributed by atoms with Gasteiger partial charge in [0.2, 0.25) is 0 Å². The summed E-state index contributed by atoms with van der Waals surface area (Å²) in [5.41, 5.74) is 17.0. The van der Waals surface area contributed by atoms with Gasteiger partial charge in [0.05, 0.1) is 50.6 Å². The summed E-state index contributed by atoms with van der Waals surface area (Å²) in [4.78, 5) is 12.7. The molecule has 17 nitrogen and oxygen atoms in total. The lowest BCUT2D eigenvalue weighted by Crippen LogP contribution is -2.69. The highest BCUT2D eigenvalue weighted by atomic mass is 16.7. The molecule has 2 unspecified atom stereocenters. The zero-order valence-corrected chi connectivity index (χ0v) is 24.1. The van der Waals surface area contributed by atoms with E-state index in [0.29, 0.717) is 17.2 Å². The van der Waals surface area contributed by atoms with Gasteiger partial charge < -0.3 is 72.9 Å². The van der Waals surface area contributed by atoms with Crippen LogP contribution in [-0.4, -0.2) is 155 Å². The summed E-state index contributed by atoms with van der Waals surface area (Å²) in [6.07, 6.45) is -4.66. The predicted molar refractivity (Wildman–Crippen MR) is 148 cm³/mol. The minimum atomic E-state index is -1.41. The quantitative estimate of drug-likeness (QED) is 0.0729. The van der Waals surface area contributed by atoms with Crippen LogP contribution in [0.25, 0.3) is 0 Å². The van der Waals surface area contributed by atoms with Gasteiger partial charge in [0.1, 0.15) is 29.7 Å². The Morgan fingerprint density at radius 2 is 2.00 bits per heavy atom. The minimum absolute atomic E-state index is 0.00669. The van der Waals surface area contributed by atoms with Gasteiger partial charge in [0, 0.05) is 31.1 Å². The third-order valence-corrected chi connectivity index (χ3v) is 8.06. The Hall–Kier alpha value is -1.71. The number of carbonyl (C=O) groups is 1. The van der Waals surface area contributed by atoms with Crippen molar-refractivity contribution >= 4 is 6.03 Å². The normalized spacial score (nSPS) is 39.6. The minimum Gasteiger partial charge on any atom is -0.492 e. The predicted octanol–water partition coefficient (Wildman–Crippen LogP) is -5.19. The van der Waals surface area contributed by atoms with E-state index >= 15 is 0 Å². The molecule has 42 heavy (non-hydrogen) atoms. The number of hydrogen-bond donors (Lipinski definition) is 12. The Labute approximate surface area is 244 Å². The number of nitrogens with two attached hydrogens (primary N) is 3. The molecule has 12 atom stereocenters. The van der Waals surface area contributed by atoms with E-state index in [1.807, 2.05) is 0 Å². The third-order valence-electron chi connectivity index (χ3n) is 8.06. The van der Waals surface area contributed by atoms with Gasteiger partial charge in [-0.1, -0.05) is 0 Å². The largest absolute Gasteiger partial charge is 0.492 e. The first kappa shape index (κ1) is 34.8. The number of hydrogen-bond acceptors (Lipinski definition) is 15. The molecule has 244 valence electrons. The number of likely N-dealkylation sites (N-methyl/N-ethyl adjacent to an activating group) is 1. The highest BCUT2D eigenvalue weighted by Crippen LogP contribution is 2.36. The first-order chi connectivity index (χ1) is 19.8. The summed E-state index contributed by atoms with van der Waals surface area (Å²) in [5, 5.41) is 70.8. The van der Waals surface area contributed by atoms with Crippen molar-refractivity contribution in [1.82, 2.24) is 21.0 Å². The lowest BCUT2D eigenvalue weighted by molar-refractivity contribution is -0.297. The second kappa shape index (κ2) is 15.3. The molecule has 0 aromatic carbocycles. The van der Waals surface area contributed by atoms with Crippen LogP contribution in [0.3, 0.4) is 0 Å². The lowest BCUT2D eigenvalue weighted by atomic mass is 9.72. The fourth-order valence-corrected chi connectivity index (χ4v) is 5.84. The van der Waals surface area contributed by atoms with Gasteiger partial charge in [-0.3, -0.25) is 5.21 Å². The zero-order valence-electron chi connectivity index (χ0n) is 24.1. The Morgan fingerprint density at radius 1 is 1.29 bits per heavy atom. The summed E-state index contributed by atoms with van der Waals surface area (Å²) < 4.78 is 17.9. The van der Waals surface area contributed by atoms with Crippen LogP contribution in [0, 0.1) is 5.92 Å². The fraction of sp³-hybridized carbons (Fsp3) is 0.880. The number of aliphatic hydroxyl groups is 5. The molecule has 2 aliphatic heterocycles. The van der Waals surface area contributed by atoms with E-state index in [0.717, 1.165) is 0 Å². The fourth-order valence-electron chi connectivity index (χ4n) is 5.84. The van der Waals surface area contributed by atoms with Crippen LogP contribution in [0.5, 0.6) is 0 Å². The maximum atomic E-state index is 12.7. The number of aliphatic hydroxyl groups excluding tert-OH is 4. The van der Waals surface area contributed by atoms with Crippen molar-refractivity contribution in [3.05, 3.63) is 11.8 Å². The van der Waals surface area contributed by atoms with Gasteiger partial charge in [-0.05, 0) is 32.9 Å². The molecule has 0 spiro atoms. The van der Waals surface area contributed by atoms with Gasteiger partial charge >= 0.3 is 6.03 Å². The second-order valence-corrected chi connectivity index (χ2v) is 11.4. The molecule has 17 heteroatoms. The molecule has 1 saturated carbocycles. The van der Waals surface area contributed by atoms with E-state index in [-0.39, 0.29) is 39.2 Å². The van der Waals surface area contributed by atoms with Gasteiger partial charge in [-0.15, -0.1) is 0 Å². The highest BCUT2D eigenvalue weighted by molar-refractivity contribution is 5.73. The van der Waals surface area contributed by atoms with Crippen LogP contribution in [0.1, 0.15) is 19.8 Å². The third kappa shape index (κ3) is 8.26. The zero-order chi connectivity index (χ0) is 31.2. The maximum absolute atomic E-state index is 12.7. The molecule has 3 rings (SSSR count).